The van der Waals surface area contributed by atoms with Gasteiger partial charge in [-0.1, -0.05) is 13.3 Å². The summed E-state index contributed by atoms with van der Waals surface area (Å²) in [7, 11) is -4.43. The molecule has 0 aliphatic heterocycles. The topological polar surface area (TPSA) is 43.4 Å². The van der Waals surface area contributed by atoms with Gasteiger partial charge in [0.25, 0.3) is 10.1 Å². The molecule has 0 fully saturated rings. The average molecular weight is 246 g/mol. The Morgan fingerprint density at radius 2 is 1.77 bits per heavy atom. The molecule has 8 heteroatoms. The van der Waals surface area contributed by atoms with Crippen molar-refractivity contribution in [3.8, 4) is 0 Å². The monoisotopic (exact) mass is 246 g/mol. The summed E-state index contributed by atoms with van der Waals surface area (Å²) in [6, 6.07) is 0. The molecule has 0 saturated carbocycles. The van der Waals surface area contributed by atoms with Gasteiger partial charge in [-0.25, -0.2) is 0 Å². The maximum atomic E-state index is 11.4. The third-order valence-electron chi connectivity index (χ3n) is 0.969. The van der Waals surface area contributed by atoms with E-state index in [4.69, 9.17) is 0 Å². The minimum absolute atomic E-state index is 0. The van der Waals surface area contributed by atoms with Crippen LogP contribution in [0.15, 0.2) is 0 Å². The third kappa shape index (κ3) is 11.3. The molecular formula is C5H10F3KO3S. The van der Waals surface area contributed by atoms with E-state index in [1.807, 2.05) is 0 Å². The zero-order chi connectivity index (χ0) is 9.83. The maximum absolute atomic E-state index is 11.4. The first kappa shape index (κ1) is 16.8. The molecule has 13 heavy (non-hydrogen) atoms. The molecule has 0 rings (SSSR count). The van der Waals surface area contributed by atoms with Gasteiger partial charge in [0.2, 0.25) is 0 Å². The van der Waals surface area contributed by atoms with E-state index in [0.29, 0.717) is 6.42 Å². The van der Waals surface area contributed by atoms with Crippen LogP contribution in [0.25, 0.3) is 0 Å². The van der Waals surface area contributed by atoms with E-state index in [9.17, 15) is 21.6 Å². The number of unbranched alkanes of at least 4 members (excludes halogenated alkanes) is 1. The second-order valence-corrected chi connectivity index (χ2v) is 3.83. The molecular weight excluding hydrogens is 236 g/mol. The van der Waals surface area contributed by atoms with Crippen LogP contribution in [0.5, 0.6) is 0 Å². The first-order chi connectivity index (χ1) is 5.27. The van der Waals surface area contributed by atoms with E-state index in [0.717, 1.165) is 0 Å². The van der Waals surface area contributed by atoms with E-state index >= 15 is 0 Å². The predicted molar refractivity (Wildman–Crippen MR) is 43.0 cm³/mol. The molecule has 0 saturated heterocycles. The Morgan fingerprint density at radius 3 is 2.08 bits per heavy atom. The normalized spacial score (nSPS) is 12.3. The van der Waals surface area contributed by atoms with Crippen LogP contribution in [-0.2, 0) is 14.3 Å². The van der Waals surface area contributed by atoms with Crippen molar-refractivity contribution in [1.82, 2.24) is 0 Å². The van der Waals surface area contributed by atoms with Crippen molar-refractivity contribution >= 4 is 61.5 Å². The molecule has 0 unspecified atom stereocenters. The van der Waals surface area contributed by atoms with Crippen LogP contribution in [0, 0.1) is 0 Å². The molecule has 0 aliphatic rings. The standard InChI is InChI=1S/C5H9F3O3S.K.H/c1-2-3-4-12(9,10)11-5(6,7)8;;/h2-4H2,1H3;;. The van der Waals surface area contributed by atoms with Crippen LogP contribution in [0.2, 0.25) is 0 Å². The Kier molecular flexibility index (Phi) is 8.70. The van der Waals surface area contributed by atoms with Crippen LogP contribution in [-0.4, -0.2) is 71.9 Å². The quantitative estimate of drug-likeness (QED) is 0.549. The Bertz CT molecular complexity index is 224. The first-order valence-corrected chi connectivity index (χ1v) is 4.84. The molecule has 0 aromatic heterocycles. The molecule has 0 aliphatic carbocycles. The summed E-state index contributed by atoms with van der Waals surface area (Å²) in [6.45, 7) is 1.67. The molecule has 0 spiro atoms. The van der Waals surface area contributed by atoms with Gasteiger partial charge in [-0.2, -0.15) is 12.6 Å². The van der Waals surface area contributed by atoms with E-state index in [1.54, 1.807) is 6.92 Å². The number of hydrogen-bond donors (Lipinski definition) is 0. The molecule has 0 aromatic carbocycles. The average Bonchev–Trinajstić information content (AvgIpc) is 1.78. The van der Waals surface area contributed by atoms with Crippen LogP contribution < -0.4 is 0 Å². The fourth-order valence-electron chi connectivity index (χ4n) is 0.507. The van der Waals surface area contributed by atoms with Crippen molar-refractivity contribution in [1.29, 1.82) is 0 Å². The summed E-state index contributed by atoms with van der Waals surface area (Å²) in [6.07, 6.45) is -4.44. The van der Waals surface area contributed by atoms with Crippen molar-refractivity contribution in [3.05, 3.63) is 0 Å². The summed E-state index contributed by atoms with van der Waals surface area (Å²) >= 11 is 0. The van der Waals surface area contributed by atoms with Crippen molar-refractivity contribution in [2.45, 2.75) is 26.1 Å². The van der Waals surface area contributed by atoms with Crippen LogP contribution in [0.4, 0.5) is 13.2 Å². The fraction of sp³-hybridized carbons (Fsp3) is 1.00. The number of hydrogen-bond acceptors (Lipinski definition) is 3. The fourth-order valence-corrected chi connectivity index (χ4v) is 1.52. The summed E-state index contributed by atoms with van der Waals surface area (Å²) in [5, 5.41) is 0. The third-order valence-corrected chi connectivity index (χ3v) is 2.20. The Balaban J connectivity index is 0. The molecule has 0 radical (unpaired) electrons. The first-order valence-electron chi connectivity index (χ1n) is 3.27. The van der Waals surface area contributed by atoms with Crippen molar-refractivity contribution < 1.29 is 25.8 Å². The van der Waals surface area contributed by atoms with Crippen molar-refractivity contribution in [3.63, 3.8) is 0 Å². The molecule has 0 aromatic rings. The van der Waals surface area contributed by atoms with Crippen LogP contribution in [0.3, 0.4) is 0 Å². The van der Waals surface area contributed by atoms with Gasteiger partial charge in [-0.3, -0.25) is 0 Å². The van der Waals surface area contributed by atoms with Gasteiger partial charge >= 0.3 is 57.7 Å². The van der Waals surface area contributed by atoms with Gasteiger partial charge in [-0.05, 0) is 6.42 Å². The SMILES string of the molecule is CCCCS(=O)(=O)OC(F)(F)F.[KH]. The molecule has 76 valence electrons. The summed E-state index contributed by atoms with van der Waals surface area (Å²) < 4.78 is 58.0. The zero-order valence-corrected chi connectivity index (χ0v) is 7.20. The second kappa shape index (κ2) is 6.75. The number of alkyl halides is 3. The van der Waals surface area contributed by atoms with Crippen molar-refractivity contribution in [2.24, 2.45) is 0 Å². The molecule has 0 heterocycles. The van der Waals surface area contributed by atoms with E-state index in [1.165, 1.54) is 0 Å². The summed E-state index contributed by atoms with van der Waals surface area (Å²) in [4.78, 5) is 0. The molecule has 0 amide bonds. The molecule has 0 N–H and O–H groups in total. The van der Waals surface area contributed by atoms with Gasteiger partial charge in [0.05, 0.1) is 5.75 Å². The van der Waals surface area contributed by atoms with Gasteiger partial charge in [-0.15, -0.1) is 13.2 Å². The van der Waals surface area contributed by atoms with Crippen LogP contribution in [0.1, 0.15) is 19.8 Å². The van der Waals surface area contributed by atoms with Gasteiger partial charge < -0.3 is 0 Å². The van der Waals surface area contributed by atoms with E-state index in [-0.39, 0.29) is 57.8 Å². The number of halogens is 3. The molecule has 3 nitrogen and oxygen atoms in total. The minimum atomic E-state index is -5.10. The van der Waals surface area contributed by atoms with Gasteiger partial charge in [0.15, 0.2) is 0 Å². The molecule has 0 bridgehead atoms. The number of rotatable bonds is 4. The Labute approximate surface area is 118 Å². The predicted octanol–water partition coefficient (Wildman–Crippen LogP) is 1.00. The van der Waals surface area contributed by atoms with E-state index < -0.39 is 22.2 Å². The Hall–Kier alpha value is 1.34. The van der Waals surface area contributed by atoms with Gasteiger partial charge in [0, 0.05) is 0 Å². The summed E-state index contributed by atoms with van der Waals surface area (Å²) in [5.41, 5.74) is 0. The molecule has 0 atom stereocenters. The zero-order valence-electron chi connectivity index (χ0n) is 6.39. The van der Waals surface area contributed by atoms with Crippen molar-refractivity contribution in [2.75, 3.05) is 5.75 Å². The van der Waals surface area contributed by atoms with E-state index in [2.05, 4.69) is 4.18 Å². The second-order valence-electron chi connectivity index (χ2n) is 2.14. The van der Waals surface area contributed by atoms with Crippen LogP contribution >= 0.6 is 0 Å². The Morgan fingerprint density at radius 1 is 1.31 bits per heavy atom. The van der Waals surface area contributed by atoms with Gasteiger partial charge in [0.1, 0.15) is 0 Å². The summed E-state index contributed by atoms with van der Waals surface area (Å²) in [5.74, 6) is -0.594.